The number of ether oxygens (including phenoxy) is 1. The molecule has 0 fully saturated rings. The summed E-state index contributed by atoms with van der Waals surface area (Å²) in [5.41, 5.74) is 1.57. The lowest BCUT2D eigenvalue weighted by molar-refractivity contribution is 0.185. The van der Waals surface area contributed by atoms with Crippen LogP contribution in [0.5, 0.6) is 5.75 Å². The van der Waals surface area contributed by atoms with Gasteiger partial charge in [0.05, 0.1) is 12.1 Å². The van der Waals surface area contributed by atoms with Crippen LogP contribution in [0, 0.1) is 0 Å². The van der Waals surface area contributed by atoms with Crippen molar-refractivity contribution >= 4 is 51.3 Å². The van der Waals surface area contributed by atoms with Gasteiger partial charge in [-0.15, -0.1) is 0 Å². The number of rotatable bonds is 5. The van der Waals surface area contributed by atoms with Gasteiger partial charge in [0, 0.05) is 29.1 Å². The van der Waals surface area contributed by atoms with Gasteiger partial charge in [0.2, 0.25) is 0 Å². The monoisotopic (exact) mass is 422 g/mol. The van der Waals surface area contributed by atoms with Crippen LogP contribution in [0.1, 0.15) is 16.7 Å². The van der Waals surface area contributed by atoms with Crippen LogP contribution in [0.25, 0.3) is 10.9 Å². The van der Waals surface area contributed by atoms with E-state index in [0.717, 1.165) is 5.56 Å². The zero-order valence-corrected chi connectivity index (χ0v) is 16.6. The molecule has 0 amide bonds. The molecule has 3 aromatic rings. The van der Waals surface area contributed by atoms with Crippen molar-refractivity contribution in [2.24, 2.45) is 0 Å². The van der Waals surface area contributed by atoms with Crippen molar-refractivity contribution in [2.75, 3.05) is 7.11 Å². The van der Waals surface area contributed by atoms with Gasteiger partial charge in [-0.2, -0.15) is 0 Å². The minimum atomic E-state index is -0.496. The van der Waals surface area contributed by atoms with Gasteiger partial charge in [-0.05, 0) is 35.4 Å². The lowest BCUT2D eigenvalue weighted by Gasteiger charge is -2.12. The molecular formula is C19H16Cl2N2O3S. The highest BCUT2D eigenvalue weighted by Gasteiger charge is 2.17. The number of methoxy groups -OCH3 is 1. The highest BCUT2D eigenvalue weighted by atomic mass is 35.5. The fourth-order valence-corrected chi connectivity index (χ4v) is 3.30. The lowest BCUT2D eigenvalue weighted by Crippen LogP contribution is -2.28. The SMILES string of the molecule is COCc1cc2c(O)c(C(=S)NCc3ccc(Cl)cc3)c(=O)[nH]c2cc1Cl. The van der Waals surface area contributed by atoms with Gasteiger partial charge < -0.3 is 20.1 Å². The highest BCUT2D eigenvalue weighted by molar-refractivity contribution is 7.80. The topological polar surface area (TPSA) is 74.3 Å². The molecule has 8 heteroatoms. The Bertz CT molecular complexity index is 1070. The van der Waals surface area contributed by atoms with E-state index in [9.17, 15) is 9.90 Å². The maximum atomic E-state index is 12.4. The first-order chi connectivity index (χ1) is 12.9. The van der Waals surface area contributed by atoms with Gasteiger partial charge in [-0.1, -0.05) is 47.6 Å². The lowest BCUT2D eigenvalue weighted by atomic mass is 10.1. The predicted molar refractivity (Wildman–Crippen MR) is 112 cm³/mol. The number of hydrogen-bond acceptors (Lipinski definition) is 4. The number of fused-ring (bicyclic) bond motifs is 1. The summed E-state index contributed by atoms with van der Waals surface area (Å²) in [6.45, 7) is 0.671. The van der Waals surface area contributed by atoms with E-state index in [4.69, 9.17) is 40.2 Å². The summed E-state index contributed by atoms with van der Waals surface area (Å²) in [5, 5.41) is 15.2. The molecule has 27 heavy (non-hydrogen) atoms. The van der Waals surface area contributed by atoms with Crippen LogP contribution in [0.4, 0.5) is 0 Å². The zero-order valence-electron chi connectivity index (χ0n) is 14.3. The number of aromatic hydroxyl groups is 1. The van der Waals surface area contributed by atoms with Crippen molar-refractivity contribution in [2.45, 2.75) is 13.2 Å². The van der Waals surface area contributed by atoms with Crippen LogP contribution in [-0.2, 0) is 17.9 Å². The fourth-order valence-electron chi connectivity index (χ4n) is 2.69. The molecule has 2 aromatic carbocycles. The first kappa shape index (κ1) is 19.6. The molecule has 3 N–H and O–H groups in total. The smallest absolute Gasteiger partial charge is 0.262 e. The third kappa shape index (κ3) is 4.25. The van der Waals surface area contributed by atoms with E-state index in [-0.39, 0.29) is 22.9 Å². The Morgan fingerprint density at radius 3 is 2.63 bits per heavy atom. The van der Waals surface area contributed by atoms with Gasteiger partial charge in [-0.3, -0.25) is 4.79 Å². The molecule has 3 rings (SSSR count). The zero-order chi connectivity index (χ0) is 19.6. The minimum absolute atomic E-state index is 0.0113. The average molecular weight is 423 g/mol. The van der Waals surface area contributed by atoms with Gasteiger partial charge in [0.1, 0.15) is 16.3 Å². The molecule has 0 aliphatic carbocycles. The molecule has 0 atom stereocenters. The number of aromatic amines is 1. The number of halogens is 2. The molecule has 0 aliphatic rings. The first-order valence-electron chi connectivity index (χ1n) is 7.99. The normalized spacial score (nSPS) is 10.9. The molecule has 140 valence electrons. The molecule has 5 nitrogen and oxygen atoms in total. The molecule has 0 saturated heterocycles. The van der Waals surface area contributed by atoms with E-state index in [2.05, 4.69) is 10.3 Å². The average Bonchev–Trinajstić information content (AvgIpc) is 2.63. The first-order valence-corrected chi connectivity index (χ1v) is 9.16. The molecule has 0 spiro atoms. The number of H-pyrrole nitrogens is 1. The third-order valence-corrected chi connectivity index (χ3v) is 5.00. The maximum Gasteiger partial charge on any atom is 0.262 e. The van der Waals surface area contributed by atoms with Crippen LogP contribution >= 0.6 is 35.4 Å². The summed E-state index contributed by atoms with van der Waals surface area (Å²) in [6.07, 6.45) is 0. The van der Waals surface area contributed by atoms with Crippen molar-refractivity contribution in [3.8, 4) is 5.75 Å². The summed E-state index contributed by atoms with van der Waals surface area (Å²) >= 11 is 17.4. The van der Waals surface area contributed by atoms with Gasteiger partial charge in [0.15, 0.2) is 0 Å². The Hall–Kier alpha value is -2.12. The van der Waals surface area contributed by atoms with Crippen molar-refractivity contribution in [1.29, 1.82) is 0 Å². The number of benzene rings is 2. The molecule has 1 aromatic heterocycles. The second-order valence-electron chi connectivity index (χ2n) is 5.91. The molecule has 0 radical (unpaired) electrons. The Balaban J connectivity index is 1.95. The van der Waals surface area contributed by atoms with Crippen molar-refractivity contribution < 1.29 is 9.84 Å². The molecule has 0 bridgehead atoms. The second-order valence-corrected chi connectivity index (χ2v) is 7.16. The van der Waals surface area contributed by atoms with E-state index in [1.165, 1.54) is 0 Å². The molecule has 0 unspecified atom stereocenters. The standard InChI is InChI=1S/C19H16Cl2N2O3S/c1-26-9-11-6-13-15(7-14(11)21)23-18(25)16(17(13)24)19(27)22-8-10-2-4-12(20)5-3-10/h2-7H,8-9H2,1H3,(H,22,27)(H2,23,24,25). The molecule has 0 aliphatic heterocycles. The molecular weight excluding hydrogens is 407 g/mol. The summed E-state index contributed by atoms with van der Waals surface area (Å²) in [7, 11) is 1.55. The van der Waals surface area contributed by atoms with Crippen LogP contribution in [0.2, 0.25) is 10.0 Å². The van der Waals surface area contributed by atoms with E-state index < -0.39 is 5.56 Å². The summed E-state index contributed by atoms with van der Waals surface area (Å²) in [5.74, 6) is -0.198. The van der Waals surface area contributed by atoms with E-state index >= 15 is 0 Å². The number of aromatic nitrogens is 1. The van der Waals surface area contributed by atoms with Gasteiger partial charge in [0.25, 0.3) is 5.56 Å². The number of pyridine rings is 1. The van der Waals surface area contributed by atoms with Crippen LogP contribution < -0.4 is 10.9 Å². The number of nitrogens with one attached hydrogen (secondary N) is 2. The van der Waals surface area contributed by atoms with E-state index in [1.807, 2.05) is 12.1 Å². The third-order valence-electron chi connectivity index (χ3n) is 4.05. The van der Waals surface area contributed by atoms with E-state index in [1.54, 1.807) is 31.4 Å². The Kier molecular flexibility index (Phi) is 6.01. The van der Waals surface area contributed by atoms with Crippen LogP contribution in [0.3, 0.4) is 0 Å². The predicted octanol–water partition coefficient (Wildman–Crippen LogP) is 4.15. The quantitative estimate of drug-likeness (QED) is 0.538. The minimum Gasteiger partial charge on any atom is -0.506 e. The molecule has 0 saturated carbocycles. The van der Waals surface area contributed by atoms with Gasteiger partial charge in [-0.25, -0.2) is 0 Å². The highest BCUT2D eigenvalue weighted by Crippen LogP contribution is 2.30. The van der Waals surface area contributed by atoms with Crippen molar-refractivity contribution in [3.05, 3.63) is 73.5 Å². The van der Waals surface area contributed by atoms with Crippen molar-refractivity contribution in [1.82, 2.24) is 10.3 Å². The van der Waals surface area contributed by atoms with Gasteiger partial charge >= 0.3 is 0 Å². The summed E-state index contributed by atoms with van der Waals surface area (Å²) in [6, 6.07) is 10.5. The largest absolute Gasteiger partial charge is 0.506 e. The Morgan fingerprint density at radius 1 is 1.26 bits per heavy atom. The number of hydrogen-bond donors (Lipinski definition) is 3. The van der Waals surface area contributed by atoms with Crippen LogP contribution in [0.15, 0.2) is 41.2 Å². The maximum absolute atomic E-state index is 12.4. The Labute approximate surface area is 170 Å². The van der Waals surface area contributed by atoms with Crippen LogP contribution in [-0.4, -0.2) is 22.2 Å². The second kappa shape index (κ2) is 8.27. The fraction of sp³-hybridized carbons (Fsp3) is 0.158. The Morgan fingerprint density at radius 2 is 1.96 bits per heavy atom. The van der Waals surface area contributed by atoms with Crippen molar-refractivity contribution in [3.63, 3.8) is 0 Å². The van der Waals surface area contributed by atoms with E-state index in [0.29, 0.717) is 33.1 Å². The number of thiocarbonyl (C=S) groups is 1. The molecule has 1 heterocycles. The summed E-state index contributed by atoms with van der Waals surface area (Å²) in [4.78, 5) is 15.3. The summed E-state index contributed by atoms with van der Waals surface area (Å²) < 4.78 is 5.11.